The lowest BCUT2D eigenvalue weighted by Gasteiger charge is -2.34. The molecule has 1 fully saturated rings. The summed E-state index contributed by atoms with van der Waals surface area (Å²) in [5, 5.41) is 1.21. The topological polar surface area (TPSA) is 48.0 Å². The minimum absolute atomic E-state index is 0.0688. The Labute approximate surface area is 213 Å². The van der Waals surface area contributed by atoms with Gasteiger partial charge >= 0.3 is 0 Å². The molecular weight excluding hydrogens is 450 g/mol. The van der Waals surface area contributed by atoms with E-state index in [0.29, 0.717) is 18.8 Å². The zero-order chi connectivity index (χ0) is 25.5. The van der Waals surface area contributed by atoms with Gasteiger partial charge < -0.3 is 9.47 Å². The minimum Gasteiger partial charge on any atom is -0.348 e. The molecule has 5 heteroatoms. The lowest BCUT2D eigenvalue weighted by Crippen LogP contribution is -2.33. The fraction of sp³-hybridized carbons (Fsp3) is 0.258. The summed E-state index contributed by atoms with van der Waals surface area (Å²) in [6.07, 6.45) is 8.01. The van der Waals surface area contributed by atoms with E-state index in [4.69, 9.17) is 14.3 Å². The van der Waals surface area contributed by atoms with Crippen molar-refractivity contribution in [3.8, 4) is 0 Å². The van der Waals surface area contributed by atoms with Crippen molar-refractivity contribution in [3.63, 3.8) is 0 Å². The van der Waals surface area contributed by atoms with Gasteiger partial charge in [0.15, 0.2) is 6.29 Å². The molecule has 0 aromatic heterocycles. The van der Waals surface area contributed by atoms with E-state index in [-0.39, 0.29) is 17.6 Å². The van der Waals surface area contributed by atoms with E-state index < -0.39 is 0 Å². The van der Waals surface area contributed by atoms with Crippen LogP contribution in [0.5, 0.6) is 0 Å². The zero-order valence-corrected chi connectivity index (χ0v) is 21.3. The normalized spacial score (nSPS) is 16.0. The zero-order valence-electron chi connectivity index (χ0n) is 21.3. The third-order valence-corrected chi connectivity index (χ3v) is 6.05. The van der Waals surface area contributed by atoms with Gasteiger partial charge in [-0.15, -0.1) is 0 Å². The molecule has 36 heavy (non-hydrogen) atoms. The molecule has 4 rings (SSSR count). The van der Waals surface area contributed by atoms with Crippen LogP contribution in [0.4, 0.5) is 0 Å². The van der Waals surface area contributed by atoms with Gasteiger partial charge in [-0.1, -0.05) is 98.8 Å². The first kappa shape index (κ1) is 25.6. The minimum atomic E-state index is -0.283. The second-order valence-electron chi connectivity index (χ2n) is 9.73. The molecule has 0 aliphatic carbocycles. The van der Waals surface area contributed by atoms with Gasteiger partial charge in [0.2, 0.25) is 0 Å². The first-order valence-electron chi connectivity index (χ1n) is 12.0. The number of carbonyl (C=O) groups is 1. The van der Waals surface area contributed by atoms with Gasteiger partial charge in [0.05, 0.1) is 20.3 Å². The summed E-state index contributed by atoms with van der Waals surface area (Å²) >= 11 is 0. The second-order valence-corrected chi connectivity index (χ2v) is 9.73. The van der Waals surface area contributed by atoms with Crippen LogP contribution in [0, 0.1) is 5.41 Å². The predicted molar refractivity (Wildman–Crippen MR) is 145 cm³/mol. The largest absolute Gasteiger partial charge is 0.348 e. The summed E-state index contributed by atoms with van der Waals surface area (Å²) in [4.78, 5) is 17.1. The number of hydrogen-bond acceptors (Lipinski definition) is 4. The van der Waals surface area contributed by atoms with Crippen molar-refractivity contribution >= 4 is 30.2 Å². The van der Waals surface area contributed by atoms with Crippen molar-refractivity contribution in [2.24, 2.45) is 5.41 Å². The number of hydrogen-bond donors (Lipinski definition) is 0. The Morgan fingerprint density at radius 3 is 1.58 bits per heavy atom. The SMILES string of the molecule is CON(C)C(=O)c1ccc(/C=C/c2ccc(/C=C/c3ccc(C4OCC(C)(C)CO4)cc3)cc2)cc1. The van der Waals surface area contributed by atoms with Crippen molar-refractivity contribution in [1.29, 1.82) is 0 Å². The van der Waals surface area contributed by atoms with E-state index >= 15 is 0 Å². The van der Waals surface area contributed by atoms with Gasteiger partial charge in [-0.05, 0) is 34.4 Å². The molecule has 1 saturated heterocycles. The highest BCUT2D eigenvalue weighted by molar-refractivity contribution is 5.93. The maximum absolute atomic E-state index is 12.1. The fourth-order valence-electron chi connectivity index (χ4n) is 3.75. The summed E-state index contributed by atoms with van der Waals surface area (Å²) in [5.41, 5.74) is 6.07. The lowest BCUT2D eigenvalue weighted by molar-refractivity contribution is -0.226. The third kappa shape index (κ3) is 6.79. The van der Waals surface area contributed by atoms with E-state index in [9.17, 15) is 4.79 Å². The molecule has 0 saturated carbocycles. The highest BCUT2D eigenvalue weighted by Crippen LogP contribution is 2.31. The van der Waals surface area contributed by atoms with Crippen LogP contribution in [0.15, 0.2) is 72.8 Å². The number of carbonyl (C=O) groups excluding carboxylic acids is 1. The number of rotatable bonds is 7. The van der Waals surface area contributed by atoms with Gasteiger partial charge in [-0.2, -0.15) is 0 Å². The van der Waals surface area contributed by atoms with E-state index in [1.165, 1.54) is 12.2 Å². The molecule has 0 N–H and O–H groups in total. The van der Waals surface area contributed by atoms with Crippen LogP contribution in [-0.2, 0) is 14.3 Å². The van der Waals surface area contributed by atoms with Crippen molar-refractivity contribution in [1.82, 2.24) is 5.06 Å². The van der Waals surface area contributed by atoms with Crippen molar-refractivity contribution in [2.45, 2.75) is 20.1 Å². The Kier molecular flexibility index (Phi) is 8.16. The van der Waals surface area contributed by atoms with Gasteiger partial charge in [0, 0.05) is 23.6 Å². The molecule has 1 heterocycles. The van der Waals surface area contributed by atoms with E-state index in [1.807, 2.05) is 18.2 Å². The maximum Gasteiger partial charge on any atom is 0.277 e. The molecule has 3 aromatic carbocycles. The average Bonchev–Trinajstić information content (AvgIpc) is 2.91. The molecule has 0 spiro atoms. The van der Waals surface area contributed by atoms with Crippen LogP contribution in [0.2, 0.25) is 0 Å². The number of amides is 1. The van der Waals surface area contributed by atoms with Crippen LogP contribution < -0.4 is 0 Å². The van der Waals surface area contributed by atoms with Crippen LogP contribution >= 0.6 is 0 Å². The number of hydroxylamine groups is 2. The van der Waals surface area contributed by atoms with Crippen molar-refractivity contribution < 1.29 is 19.1 Å². The molecule has 1 aliphatic heterocycles. The summed E-state index contributed by atoms with van der Waals surface area (Å²) in [5.74, 6) is -0.177. The molecule has 0 radical (unpaired) electrons. The van der Waals surface area contributed by atoms with Gasteiger partial charge in [-0.3, -0.25) is 9.63 Å². The van der Waals surface area contributed by atoms with Crippen LogP contribution in [-0.4, -0.2) is 38.3 Å². The average molecular weight is 484 g/mol. The van der Waals surface area contributed by atoms with Gasteiger partial charge in [0.25, 0.3) is 5.91 Å². The van der Waals surface area contributed by atoms with Crippen LogP contribution in [0.1, 0.15) is 58.3 Å². The first-order chi connectivity index (χ1) is 17.3. The Balaban J connectivity index is 1.32. The maximum atomic E-state index is 12.1. The smallest absolute Gasteiger partial charge is 0.277 e. The highest BCUT2D eigenvalue weighted by Gasteiger charge is 2.29. The molecule has 1 aliphatic rings. The summed E-state index contributed by atoms with van der Waals surface area (Å²) in [6.45, 7) is 5.69. The molecule has 0 unspecified atom stereocenters. The molecule has 5 nitrogen and oxygen atoms in total. The Morgan fingerprint density at radius 1 is 0.778 bits per heavy atom. The standard InChI is InChI=1S/C31H33NO4/c1-31(2)21-35-30(36-22-31)28-19-15-26(16-20-28)12-10-24-7-5-23(6-8-24)9-11-25-13-17-27(18-14-25)29(33)32(3)34-4/h5-20,30H,21-22H2,1-4H3/b11-9+,12-10+. The summed E-state index contributed by atoms with van der Waals surface area (Å²) < 4.78 is 11.7. The molecule has 3 aromatic rings. The fourth-order valence-corrected chi connectivity index (χ4v) is 3.75. The lowest BCUT2D eigenvalue weighted by atomic mass is 9.95. The monoisotopic (exact) mass is 483 g/mol. The van der Waals surface area contributed by atoms with Gasteiger partial charge in [-0.25, -0.2) is 5.06 Å². The van der Waals surface area contributed by atoms with E-state index in [2.05, 4.69) is 80.6 Å². The van der Waals surface area contributed by atoms with Gasteiger partial charge in [0.1, 0.15) is 0 Å². The molecular formula is C31H33NO4. The van der Waals surface area contributed by atoms with Crippen LogP contribution in [0.3, 0.4) is 0 Å². The molecule has 0 atom stereocenters. The number of benzene rings is 3. The summed E-state index contributed by atoms with van der Waals surface area (Å²) in [6, 6.07) is 24.1. The number of ether oxygens (including phenoxy) is 2. The first-order valence-corrected chi connectivity index (χ1v) is 12.0. The molecule has 186 valence electrons. The quantitative estimate of drug-likeness (QED) is 0.276. The van der Waals surface area contributed by atoms with Crippen molar-refractivity contribution in [2.75, 3.05) is 27.4 Å². The van der Waals surface area contributed by atoms with Crippen LogP contribution in [0.25, 0.3) is 24.3 Å². The van der Waals surface area contributed by atoms with E-state index in [1.54, 1.807) is 19.2 Å². The Morgan fingerprint density at radius 2 is 1.17 bits per heavy atom. The molecule has 1 amide bonds. The second kappa shape index (κ2) is 11.5. The van der Waals surface area contributed by atoms with E-state index in [0.717, 1.165) is 27.8 Å². The highest BCUT2D eigenvalue weighted by atomic mass is 16.7. The third-order valence-electron chi connectivity index (χ3n) is 6.05. The number of nitrogens with zero attached hydrogens (tertiary/aromatic N) is 1. The predicted octanol–water partition coefficient (Wildman–Crippen LogP) is 6.73. The molecule has 0 bridgehead atoms. The Hall–Kier alpha value is -3.51. The van der Waals surface area contributed by atoms with Crippen molar-refractivity contribution in [3.05, 3.63) is 106 Å². The Bertz CT molecular complexity index is 1200. The summed E-state index contributed by atoms with van der Waals surface area (Å²) in [7, 11) is 3.06.